The molecule has 0 bridgehead atoms. The molecule has 0 radical (unpaired) electrons. The molecule has 188 valence electrons. The number of piperazine rings is 1. The number of aromatic nitrogens is 2. The van der Waals surface area contributed by atoms with Gasteiger partial charge in [0.25, 0.3) is 5.56 Å². The number of hydrogen-bond acceptors (Lipinski definition) is 6. The number of nitrogens with one attached hydrogen (secondary N) is 1. The van der Waals surface area contributed by atoms with E-state index >= 15 is 0 Å². The first kappa shape index (κ1) is 23.8. The molecular formula is C26H35N5O4. The number of carbonyl (C=O) groups excluding carboxylic acids is 1. The fourth-order valence-electron chi connectivity index (χ4n) is 6.27. The van der Waals surface area contributed by atoms with Gasteiger partial charge in [-0.2, -0.15) is 0 Å². The zero-order chi connectivity index (χ0) is 24.5. The lowest BCUT2D eigenvalue weighted by molar-refractivity contribution is -0.137. The third kappa shape index (κ3) is 4.43. The summed E-state index contributed by atoms with van der Waals surface area (Å²) < 4.78 is 6.53. The van der Waals surface area contributed by atoms with Crippen molar-refractivity contribution in [1.29, 1.82) is 0 Å². The summed E-state index contributed by atoms with van der Waals surface area (Å²) in [7, 11) is 1.47. The first-order chi connectivity index (χ1) is 16.9. The number of benzene rings is 1. The van der Waals surface area contributed by atoms with E-state index in [2.05, 4.69) is 22.4 Å². The number of piperidine rings is 1. The highest BCUT2D eigenvalue weighted by Crippen LogP contribution is 2.51. The Kier molecular flexibility index (Phi) is 6.55. The van der Waals surface area contributed by atoms with Crippen LogP contribution in [0.15, 0.2) is 47.5 Å². The smallest absolute Gasteiger partial charge is 0.320 e. The molecule has 1 aliphatic carbocycles. The Bertz CT molecular complexity index is 1100. The van der Waals surface area contributed by atoms with Gasteiger partial charge in [-0.3, -0.25) is 9.36 Å². The molecule has 2 unspecified atom stereocenters. The summed E-state index contributed by atoms with van der Waals surface area (Å²) in [5, 5.41) is 15.4. The highest BCUT2D eigenvalue weighted by atomic mass is 16.5. The van der Waals surface area contributed by atoms with Crippen molar-refractivity contribution < 1.29 is 14.6 Å². The van der Waals surface area contributed by atoms with Crippen molar-refractivity contribution in [2.24, 2.45) is 5.41 Å². The molecule has 3 aliphatic rings. The van der Waals surface area contributed by atoms with Gasteiger partial charge in [-0.05, 0) is 24.8 Å². The minimum Gasteiger partial charge on any atom is -0.481 e. The van der Waals surface area contributed by atoms with Crippen molar-refractivity contribution in [3.63, 3.8) is 0 Å². The van der Waals surface area contributed by atoms with E-state index in [0.717, 1.165) is 44.3 Å². The Morgan fingerprint density at radius 2 is 1.97 bits per heavy atom. The van der Waals surface area contributed by atoms with Gasteiger partial charge in [-0.25, -0.2) is 9.78 Å². The zero-order valence-corrected chi connectivity index (χ0v) is 20.4. The highest BCUT2D eigenvalue weighted by molar-refractivity contribution is 5.75. The topological polar surface area (TPSA) is 99.9 Å². The molecule has 2 aromatic rings. The van der Waals surface area contributed by atoms with E-state index in [1.165, 1.54) is 24.1 Å². The van der Waals surface area contributed by atoms with Crippen LogP contribution in [0.25, 0.3) is 0 Å². The molecule has 2 saturated heterocycles. The molecule has 2 N–H and O–H groups in total. The van der Waals surface area contributed by atoms with Gasteiger partial charge in [0.15, 0.2) is 0 Å². The summed E-state index contributed by atoms with van der Waals surface area (Å²) >= 11 is 0. The van der Waals surface area contributed by atoms with Crippen molar-refractivity contribution in [3.8, 4) is 5.88 Å². The van der Waals surface area contributed by atoms with Crippen LogP contribution in [0.3, 0.4) is 0 Å². The minimum absolute atomic E-state index is 0.0123. The van der Waals surface area contributed by atoms with E-state index in [0.29, 0.717) is 26.1 Å². The zero-order valence-electron chi connectivity index (χ0n) is 20.4. The van der Waals surface area contributed by atoms with Crippen molar-refractivity contribution in [2.75, 3.05) is 39.8 Å². The molecule has 1 aromatic heterocycles. The van der Waals surface area contributed by atoms with Gasteiger partial charge >= 0.3 is 6.03 Å². The second-order valence-electron chi connectivity index (χ2n) is 10.2. The third-order valence-electron chi connectivity index (χ3n) is 8.28. The summed E-state index contributed by atoms with van der Waals surface area (Å²) in [6.45, 7) is 3.29. The van der Waals surface area contributed by atoms with Crippen LogP contribution >= 0.6 is 0 Å². The molecule has 1 aromatic carbocycles. The van der Waals surface area contributed by atoms with Gasteiger partial charge in [0.2, 0.25) is 5.88 Å². The number of likely N-dealkylation sites (tertiary alicyclic amines) is 1. The van der Waals surface area contributed by atoms with E-state index in [4.69, 9.17) is 4.74 Å². The monoisotopic (exact) mass is 481 g/mol. The molecule has 2 aliphatic heterocycles. The first-order valence-corrected chi connectivity index (χ1v) is 12.6. The van der Waals surface area contributed by atoms with Crippen LogP contribution in [-0.4, -0.2) is 75.9 Å². The maximum atomic E-state index is 13.8. The largest absolute Gasteiger partial charge is 0.481 e. The first-order valence-electron chi connectivity index (χ1n) is 12.6. The average Bonchev–Trinajstić information content (AvgIpc) is 3.37. The van der Waals surface area contributed by atoms with Crippen molar-refractivity contribution in [1.82, 2.24) is 24.7 Å². The minimum atomic E-state index is -1.08. The lowest BCUT2D eigenvalue weighted by atomic mass is 9.66. The lowest BCUT2D eigenvalue weighted by Crippen LogP contribution is -2.64. The summed E-state index contributed by atoms with van der Waals surface area (Å²) in [6, 6.07) is 11.5. The number of ether oxygens (including phenoxy) is 1. The Morgan fingerprint density at radius 1 is 1.20 bits per heavy atom. The van der Waals surface area contributed by atoms with Gasteiger partial charge in [0.05, 0.1) is 31.4 Å². The van der Waals surface area contributed by atoms with E-state index < -0.39 is 11.0 Å². The standard InChI is InChI=1S/C26H35N5O4/c1-35-22-15-23(32)30(19-28-22)18-26(34)11-13-29(17-25(26)9-5-6-10-25)24(33)31-14-12-27-16-21(31)20-7-3-2-4-8-20/h2-4,7-8,15,19,21,27,34H,5-6,9-14,16-18H2,1H3. The second-order valence-corrected chi connectivity index (χ2v) is 10.2. The molecule has 1 saturated carbocycles. The van der Waals surface area contributed by atoms with Crippen molar-refractivity contribution in [3.05, 3.63) is 58.6 Å². The van der Waals surface area contributed by atoms with Gasteiger partial charge in [-0.15, -0.1) is 0 Å². The maximum Gasteiger partial charge on any atom is 0.320 e. The van der Waals surface area contributed by atoms with Gasteiger partial charge < -0.3 is 25.0 Å². The number of rotatable bonds is 4. The van der Waals surface area contributed by atoms with Gasteiger partial charge in [-0.1, -0.05) is 43.2 Å². The fraction of sp³-hybridized carbons (Fsp3) is 0.577. The third-order valence-corrected chi connectivity index (χ3v) is 8.28. The molecule has 2 amide bonds. The van der Waals surface area contributed by atoms with E-state index in [1.807, 2.05) is 28.0 Å². The summed E-state index contributed by atoms with van der Waals surface area (Å²) in [5.74, 6) is 0.262. The average molecular weight is 482 g/mol. The van der Waals surface area contributed by atoms with Crippen molar-refractivity contribution >= 4 is 6.03 Å². The number of aliphatic hydroxyl groups is 1. The van der Waals surface area contributed by atoms with Crippen LogP contribution in [0.4, 0.5) is 4.79 Å². The quantitative estimate of drug-likeness (QED) is 0.693. The number of hydrogen-bond donors (Lipinski definition) is 2. The Labute approximate surface area is 205 Å². The molecule has 9 heteroatoms. The Hall–Kier alpha value is -2.91. The molecule has 9 nitrogen and oxygen atoms in total. The highest BCUT2D eigenvalue weighted by Gasteiger charge is 2.56. The number of amides is 2. The normalized spacial score (nSPS) is 26.2. The molecule has 3 fully saturated rings. The number of nitrogens with zero attached hydrogens (tertiary/aromatic N) is 4. The van der Waals surface area contributed by atoms with Gasteiger partial charge in [0.1, 0.15) is 6.33 Å². The molecular weight excluding hydrogens is 446 g/mol. The molecule has 5 rings (SSSR count). The van der Waals surface area contributed by atoms with Crippen LogP contribution in [0.2, 0.25) is 0 Å². The van der Waals surface area contributed by atoms with Crippen LogP contribution < -0.4 is 15.6 Å². The Balaban J connectivity index is 1.37. The molecule has 3 heterocycles. The fourth-order valence-corrected chi connectivity index (χ4v) is 6.27. The van der Waals surface area contributed by atoms with Crippen LogP contribution in [0.5, 0.6) is 5.88 Å². The molecule has 2 atom stereocenters. The summed E-state index contributed by atoms with van der Waals surface area (Å²) in [5.41, 5.74) is -0.633. The van der Waals surface area contributed by atoms with E-state index in [9.17, 15) is 14.7 Å². The van der Waals surface area contributed by atoms with E-state index in [-0.39, 0.29) is 30.1 Å². The Morgan fingerprint density at radius 3 is 2.69 bits per heavy atom. The second kappa shape index (κ2) is 9.62. The van der Waals surface area contributed by atoms with Crippen LogP contribution in [0.1, 0.15) is 43.7 Å². The number of urea groups is 1. The predicted molar refractivity (Wildman–Crippen MR) is 131 cm³/mol. The molecule has 1 spiro atoms. The number of carbonyl (C=O) groups is 1. The van der Waals surface area contributed by atoms with Crippen molar-refractivity contribution in [2.45, 2.75) is 50.3 Å². The van der Waals surface area contributed by atoms with E-state index in [1.54, 1.807) is 0 Å². The maximum absolute atomic E-state index is 13.8. The summed E-state index contributed by atoms with van der Waals surface area (Å²) in [6.07, 6.45) is 5.59. The predicted octanol–water partition coefficient (Wildman–Crippen LogP) is 2.02. The van der Waals surface area contributed by atoms with Crippen LogP contribution in [0, 0.1) is 5.41 Å². The lowest BCUT2D eigenvalue weighted by Gasteiger charge is -2.53. The number of methoxy groups -OCH3 is 1. The van der Waals surface area contributed by atoms with Gasteiger partial charge in [0, 0.05) is 38.1 Å². The van der Waals surface area contributed by atoms with Crippen LogP contribution in [-0.2, 0) is 6.54 Å². The molecule has 35 heavy (non-hydrogen) atoms. The summed E-state index contributed by atoms with van der Waals surface area (Å²) in [4.78, 5) is 34.5. The SMILES string of the molecule is COc1cc(=O)n(CC2(O)CCN(C(=O)N3CCNCC3c3ccccc3)CC23CCCC3)cn1.